The Kier molecular flexibility index (Phi) is 1.95. The van der Waals surface area contributed by atoms with Crippen LogP contribution in [0.5, 0.6) is 0 Å². The summed E-state index contributed by atoms with van der Waals surface area (Å²) in [5.74, 6) is 0.532. The van der Waals surface area contributed by atoms with Crippen molar-refractivity contribution < 1.29 is 8.53 Å². The second-order valence-corrected chi connectivity index (χ2v) is 3.74. The number of hydrogen-bond acceptors (Lipinski definition) is 3. The molecular weight excluding hydrogens is 194 g/mol. The van der Waals surface area contributed by atoms with Gasteiger partial charge >= 0.3 is 0 Å². The van der Waals surface area contributed by atoms with Crippen molar-refractivity contribution in [3.63, 3.8) is 0 Å². The standard InChI is InChI=1S/C11H11NOS/c1-9-12-7-11(13-9)14-8-10-5-3-2-4-6-10/h2-7H,8H2,1H3/i1D3. The molecule has 2 nitrogen and oxygen atoms in total. The van der Waals surface area contributed by atoms with Crippen molar-refractivity contribution in [3.05, 3.63) is 48.0 Å². The predicted molar refractivity (Wildman–Crippen MR) is 57.2 cm³/mol. The third kappa shape index (κ3) is 2.39. The van der Waals surface area contributed by atoms with E-state index in [2.05, 4.69) is 4.98 Å². The Morgan fingerprint density at radius 3 is 3.00 bits per heavy atom. The molecule has 2 aromatic rings. The highest BCUT2D eigenvalue weighted by atomic mass is 32.2. The van der Waals surface area contributed by atoms with Crippen molar-refractivity contribution in [1.82, 2.24) is 4.98 Å². The molecule has 0 spiro atoms. The molecule has 0 amide bonds. The summed E-state index contributed by atoms with van der Waals surface area (Å²) in [4.78, 5) is 3.75. The van der Waals surface area contributed by atoms with Crippen molar-refractivity contribution in [1.29, 1.82) is 0 Å². The van der Waals surface area contributed by atoms with E-state index in [1.807, 2.05) is 30.3 Å². The molecule has 72 valence electrons. The van der Waals surface area contributed by atoms with Gasteiger partial charge in [0.15, 0.2) is 11.0 Å². The predicted octanol–water partition coefficient (Wildman–Crippen LogP) is 3.28. The lowest BCUT2D eigenvalue weighted by Gasteiger charge is -1.97. The number of aryl methyl sites for hydroxylation is 1. The Bertz CT molecular complexity index is 481. The molecule has 0 aliphatic carbocycles. The molecule has 0 atom stereocenters. The second kappa shape index (κ2) is 4.33. The Morgan fingerprint density at radius 1 is 1.43 bits per heavy atom. The van der Waals surface area contributed by atoms with Crippen LogP contribution in [0.25, 0.3) is 0 Å². The summed E-state index contributed by atoms with van der Waals surface area (Å²) in [6.07, 6.45) is 1.45. The van der Waals surface area contributed by atoms with Gasteiger partial charge in [-0.3, -0.25) is 0 Å². The van der Waals surface area contributed by atoms with E-state index >= 15 is 0 Å². The molecule has 2 rings (SSSR count). The Labute approximate surface area is 91.6 Å². The van der Waals surface area contributed by atoms with Gasteiger partial charge in [-0.05, 0) is 5.56 Å². The molecular formula is C11H11NOS. The van der Waals surface area contributed by atoms with Gasteiger partial charge in [0.1, 0.15) is 0 Å². The first kappa shape index (κ1) is 6.30. The van der Waals surface area contributed by atoms with Crippen LogP contribution in [0.2, 0.25) is 0 Å². The zero-order chi connectivity index (χ0) is 12.3. The lowest BCUT2D eigenvalue weighted by molar-refractivity contribution is 0.441. The van der Waals surface area contributed by atoms with E-state index in [0.717, 1.165) is 11.3 Å². The van der Waals surface area contributed by atoms with E-state index < -0.39 is 6.85 Å². The first-order valence-corrected chi connectivity index (χ1v) is 5.17. The molecule has 0 fully saturated rings. The van der Waals surface area contributed by atoms with Crippen LogP contribution in [-0.4, -0.2) is 4.98 Å². The molecule has 0 radical (unpaired) electrons. The van der Waals surface area contributed by atoms with Gasteiger partial charge in [-0.1, -0.05) is 42.1 Å². The fraction of sp³-hybridized carbons (Fsp3) is 0.182. The maximum absolute atomic E-state index is 7.15. The smallest absolute Gasteiger partial charge is 0.192 e. The first-order chi connectivity index (χ1) is 8.05. The van der Waals surface area contributed by atoms with E-state index in [4.69, 9.17) is 8.53 Å². The quantitative estimate of drug-likeness (QED) is 0.724. The Morgan fingerprint density at radius 2 is 2.29 bits per heavy atom. The van der Waals surface area contributed by atoms with E-state index in [0.29, 0.717) is 5.09 Å². The minimum Gasteiger partial charge on any atom is -0.435 e. The van der Waals surface area contributed by atoms with Gasteiger partial charge in [-0.15, -0.1) is 0 Å². The van der Waals surface area contributed by atoms with Gasteiger partial charge in [0.05, 0.1) is 6.20 Å². The molecule has 0 aliphatic heterocycles. The van der Waals surface area contributed by atoms with E-state index in [1.54, 1.807) is 0 Å². The lowest BCUT2D eigenvalue weighted by atomic mass is 10.2. The van der Waals surface area contributed by atoms with Crippen LogP contribution in [0.1, 0.15) is 15.6 Å². The second-order valence-electron chi connectivity index (χ2n) is 2.76. The van der Waals surface area contributed by atoms with Crippen LogP contribution in [0, 0.1) is 6.85 Å². The third-order valence-electron chi connectivity index (χ3n) is 1.71. The molecule has 0 unspecified atom stereocenters. The SMILES string of the molecule is [2H]C([2H])([2H])c1ncc(SCc2ccccc2)o1. The van der Waals surface area contributed by atoms with Crippen LogP contribution in [0.3, 0.4) is 0 Å². The number of rotatable bonds is 3. The van der Waals surface area contributed by atoms with Crippen molar-refractivity contribution in [2.75, 3.05) is 0 Å². The molecule has 14 heavy (non-hydrogen) atoms. The minimum absolute atomic E-state index is 0.201. The van der Waals surface area contributed by atoms with Gasteiger partial charge < -0.3 is 4.42 Å². The summed E-state index contributed by atoms with van der Waals surface area (Å²) >= 11 is 1.43. The van der Waals surface area contributed by atoms with Crippen molar-refractivity contribution in [3.8, 4) is 0 Å². The van der Waals surface area contributed by atoms with Crippen molar-refractivity contribution >= 4 is 11.8 Å². The number of aromatic nitrogens is 1. The fourth-order valence-corrected chi connectivity index (χ4v) is 1.82. The third-order valence-corrected chi connectivity index (χ3v) is 2.66. The van der Waals surface area contributed by atoms with Gasteiger partial charge in [-0.2, -0.15) is 0 Å². The number of nitrogens with zero attached hydrogens (tertiary/aromatic N) is 1. The highest BCUT2D eigenvalue weighted by molar-refractivity contribution is 7.98. The largest absolute Gasteiger partial charge is 0.435 e. The van der Waals surface area contributed by atoms with Gasteiger partial charge in [-0.25, -0.2) is 4.98 Å². The summed E-state index contributed by atoms with van der Waals surface area (Å²) in [5.41, 5.74) is 1.16. The zero-order valence-corrected chi connectivity index (χ0v) is 8.25. The summed E-state index contributed by atoms with van der Waals surface area (Å²) in [6.45, 7) is -2.27. The molecule has 1 aromatic carbocycles. The molecule has 0 aliphatic rings. The van der Waals surface area contributed by atoms with Gasteiger partial charge in [0.2, 0.25) is 0 Å². The molecule has 1 heterocycles. The zero-order valence-electron chi connectivity index (χ0n) is 10.4. The monoisotopic (exact) mass is 208 g/mol. The summed E-state index contributed by atoms with van der Waals surface area (Å²) in [7, 11) is 0. The maximum atomic E-state index is 7.15. The Balaban J connectivity index is 1.99. The van der Waals surface area contributed by atoms with E-state index in [-0.39, 0.29) is 5.89 Å². The van der Waals surface area contributed by atoms with Crippen LogP contribution in [0.4, 0.5) is 0 Å². The van der Waals surface area contributed by atoms with Gasteiger partial charge in [0, 0.05) is 16.7 Å². The molecule has 0 bridgehead atoms. The number of oxazole rings is 1. The highest BCUT2D eigenvalue weighted by Gasteiger charge is 2.00. The van der Waals surface area contributed by atoms with E-state index in [1.165, 1.54) is 18.0 Å². The van der Waals surface area contributed by atoms with Crippen molar-refractivity contribution in [2.45, 2.75) is 17.7 Å². The number of benzene rings is 1. The van der Waals surface area contributed by atoms with Crippen molar-refractivity contribution in [2.24, 2.45) is 0 Å². The van der Waals surface area contributed by atoms with Crippen LogP contribution >= 0.6 is 11.8 Å². The lowest BCUT2D eigenvalue weighted by Crippen LogP contribution is -1.77. The number of hydrogen-bond donors (Lipinski definition) is 0. The normalized spacial score (nSPS) is 14.4. The van der Waals surface area contributed by atoms with E-state index in [9.17, 15) is 0 Å². The Hall–Kier alpha value is -1.22. The summed E-state index contributed by atoms with van der Waals surface area (Å²) in [6, 6.07) is 9.89. The van der Waals surface area contributed by atoms with Crippen LogP contribution < -0.4 is 0 Å². The molecule has 1 aromatic heterocycles. The van der Waals surface area contributed by atoms with Gasteiger partial charge in [0.25, 0.3) is 0 Å². The molecule has 0 N–H and O–H groups in total. The average Bonchev–Trinajstić information content (AvgIpc) is 2.76. The summed E-state index contributed by atoms with van der Waals surface area (Å²) in [5, 5.41) is 0.528. The molecule has 0 saturated carbocycles. The number of thioether (sulfide) groups is 1. The molecule has 0 saturated heterocycles. The maximum Gasteiger partial charge on any atom is 0.192 e. The minimum atomic E-state index is -2.27. The first-order valence-electron chi connectivity index (χ1n) is 5.69. The fourth-order valence-electron chi connectivity index (χ4n) is 1.05. The van der Waals surface area contributed by atoms with Crippen LogP contribution in [-0.2, 0) is 5.75 Å². The summed E-state index contributed by atoms with van der Waals surface area (Å²) < 4.78 is 26.6. The highest BCUT2D eigenvalue weighted by Crippen LogP contribution is 2.22. The van der Waals surface area contributed by atoms with Crippen LogP contribution in [0.15, 0.2) is 46.0 Å². The average molecular weight is 208 g/mol. The molecule has 3 heteroatoms. The topological polar surface area (TPSA) is 26.0 Å².